The summed E-state index contributed by atoms with van der Waals surface area (Å²) in [5.74, 6) is -0.701. The Bertz CT molecular complexity index is 149. The van der Waals surface area contributed by atoms with Crippen LogP contribution in [0.1, 0.15) is 6.92 Å². The van der Waals surface area contributed by atoms with Gasteiger partial charge in [-0.1, -0.05) is 0 Å². The molecule has 1 N–H and O–H groups in total. The quantitative estimate of drug-likeness (QED) is 0.331. The van der Waals surface area contributed by atoms with E-state index in [-0.39, 0.29) is 29.6 Å². The molecule has 0 fully saturated rings. The normalized spacial score (nSPS) is 14.1. The van der Waals surface area contributed by atoms with Crippen molar-refractivity contribution in [1.29, 1.82) is 0 Å². The molecule has 0 aliphatic carbocycles. The Balaban J connectivity index is 0. The van der Waals surface area contributed by atoms with Gasteiger partial charge >= 0.3 is 29.6 Å². The summed E-state index contributed by atoms with van der Waals surface area (Å²) >= 11 is 0. The van der Waals surface area contributed by atoms with E-state index in [1.54, 1.807) is 0 Å². The number of hydrogen-bond donors (Lipinski definition) is 1. The van der Waals surface area contributed by atoms with E-state index in [2.05, 4.69) is 0 Å². The first-order valence-corrected chi connectivity index (χ1v) is 3.61. The minimum atomic E-state index is -4.22. The second-order valence-corrected chi connectivity index (χ2v) is 3.02. The van der Waals surface area contributed by atoms with E-state index < -0.39 is 22.0 Å². The van der Waals surface area contributed by atoms with Crippen molar-refractivity contribution in [3.63, 3.8) is 0 Å². The molecule has 0 aromatic carbocycles. The van der Waals surface area contributed by atoms with Gasteiger partial charge in [-0.25, -0.2) is 8.42 Å². The van der Waals surface area contributed by atoms with Gasteiger partial charge in [0.05, 0.1) is 22.0 Å². The third kappa shape index (κ3) is 12.1. The molecule has 0 saturated carbocycles. The first-order chi connectivity index (χ1) is 3.42. The van der Waals surface area contributed by atoms with Gasteiger partial charge in [-0.05, 0) is 6.92 Å². The molecule has 0 aliphatic heterocycles. The molecule has 0 heterocycles. The van der Waals surface area contributed by atoms with Crippen LogP contribution in [0.3, 0.4) is 0 Å². The molecule has 1 atom stereocenters. The maximum Gasteiger partial charge on any atom is 1.00 e. The number of rotatable bonds is 2. The van der Waals surface area contributed by atoms with Crippen molar-refractivity contribution in [2.45, 2.75) is 13.0 Å². The predicted octanol–water partition coefficient (Wildman–Crippen LogP) is -4.08. The molecule has 50 valence electrons. The van der Waals surface area contributed by atoms with Crippen molar-refractivity contribution >= 4 is 10.1 Å². The zero-order chi connectivity index (χ0) is 6.78. The summed E-state index contributed by atoms with van der Waals surface area (Å²) in [6.07, 6.45) is -1.06. The van der Waals surface area contributed by atoms with Gasteiger partial charge in [0.2, 0.25) is 0 Å². The van der Waals surface area contributed by atoms with Gasteiger partial charge in [-0.3, -0.25) is 0 Å². The molecule has 0 saturated heterocycles. The third-order valence-corrected chi connectivity index (χ3v) is 1.34. The molecule has 0 radical (unpaired) electrons. The van der Waals surface area contributed by atoms with Gasteiger partial charge in [-0.15, -0.1) is 0 Å². The predicted molar refractivity (Wildman–Crippen MR) is 26.2 cm³/mol. The van der Waals surface area contributed by atoms with Gasteiger partial charge < -0.3 is 9.66 Å². The van der Waals surface area contributed by atoms with Gasteiger partial charge in [0.15, 0.2) is 0 Å². The Hall–Kier alpha value is 0.870. The van der Waals surface area contributed by atoms with Crippen molar-refractivity contribution in [2.24, 2.45) is 0 Å². The average molecular weight is 162 g/mol. The summed E-state index contributed by atoms with van der Waals surface area (Å²) in [7, 11) is -4.22. The average Bonchev–Trinajstić information content (AvgIpc) is 1.21. The summed E-state index contributed by atoms with van der Waals surface area (Å²) in [5.41, 5.74) is 0. The van der Waals surface area contributed by atoms with Crippen LogP contribution in [0.2, 0.25) is 0 Å². The molecule has 0 amide bonds. The first-order valence-electron chi connectivity index (χ1n) is 2.03. The summed E-state index contributed by atoms with van der Waals surface area (Å²) in [6.45, 7) is 1.25. The molecule has 0 aromatic heterocycles. The number of aliphatic hydroxyl groups excluding tert-OH is 1. The summed E-state index contributed by atoms with van der Waals surface area (Å²) in [5, 5.41) is 8.31. The maximum atomic E-state index is 9.73. The summed E-state index contributed by atoms with van der Waals surface area (Å²) < 4.78 is 29.2. The van der Waals surface area contributed by atoms with Crippen LogP contribution >= 0.6 is 0 Å². The Kier molecular flexibility index (Phi) is 6.48. The Morgan fingerprint density at radius 1 is 1.67 bits per heavy atom. The van der Waals surface area contributed by atoms with E-state index >= 15 is 0 Å². The monoisotopic (exact) mass is 162 g/mol. The van der Waals surface area contributed by atoms with Crippen molar-refractivity contribution in [3.05, 3.63) is 0 Å². The van der Waals surface area contributed by atoms with Crippen LogP contribution in [0, 0.1) is 0 Å². The van der Waals surface area contributed by atoms with Crippen molar-refractivity contribution in [2.75, 3.05) is 5.75 Å². The maximum absolute atomic E-state index is 9.73. The molecular formula is C3H7NaO4S. The van der Waals surface area contributed by atoms with Crippen LogP contribution in [0.4, 0.5) is 0 Å². The Morgan fingerprint density at radius 2 is 2.00 bits per heavy atom. The molecule has 0 rings (SSSR count). The summed E-state index contributed by atoms with van der Waals surface area (Å²) in [6, 6.07) is 0. The van der Waals surface area contributed by atoms with Crippen molar-refractivity contribution in [3.8, 4) is 0 Å². The van der Waals surface area contributed by atoms with Gasteiger partial charge in [0.25, 0.3) is 0 Å². The number of hydrogen-bond acceptors (Lipinski definition) is 4. The largest absolute Gasteiger partial charge is 1.00 e. The first kappa shape index (κ1) is 12.5. The third-order valence-electron chi connectivity index (χ3n) is 0.445. The fourth-order valence-corrected chi connectivity index (χ4v) is 0.886. The van der Waals surface area contributed by atoms with Gasteiger partial charge in [0.1, 0.15) is 0 Å². The zero-order valence-corrected chi connectivity index (χ0v) is 8.18. The van der Waals surface area contributed by atoms with Gasteiger partial charge in [0, 0.05) is 0 Å². The second kappa shape index (κ2) is 4.65. The van der Waals surface area contributed by atoms with Crippen LogP contribution in [0.15, 0.2) is 0 Å². The molecule has 4 nitrogen and oxygen atoms in total. The molecule has 0 aliphatic rings. The van der Waals surface area contributed by atoms with Crippen molar-refractivity contribution in [1.82, 2.24) is 0 Å². The van der Waals surface area contributed by atoms with Crippen LogP contribution < -0.4 is 29.6 Å². The topological polar surface area (TPSA) is 77.4 Å². The van der Waals surface area contributed by atoms with Crippen LogP contribution in [-0.4, -0.2) is 29.9 Å². The molecular weight excluding hydrogens is 155 g/mol. The molecule has 0 unspecified atom stereocenters. The standard InChI is InChI=1S/C3H8O4S.Na/c1-3(4)2-8(5,6)7;/h3-4H,2H2,1H3,(H,5,6,7);/q;+1/p-1/t3-;/m0./s1. The van der Waals surface area contributed by atoms with Crippen molar-refractivity contribution < 1.29 is 47.6 Å². The fourth-order valence-electron chi connectivity index (χ4n) is 0.295. The van der Waals surface area contributed by atoms with E-state index in [1.807, 2.05) is 0 Å². The Labute approximate surface area is 76.3 Å². The number of aliphatic hydroxyl groups is 1. The minimum Gasteiger partial charge on any atom is -0.748 e. The van der Waals surface area contributed by atoms with Crippen LogP contribution in [0.5, 0.6) is 0 Å². The molecule has 0 bridgehead atoms. The second-order valence-electron chi connectivity index (χ2n) is 1.57. The van der Waals surface area contributed by atoms with E-state index in [0.29, 0.717) is 0 Å². The van der Waals surface area contributed by atoms with Crippen LogP contribution in [-0.2, 0) is 10.1 Å². The molecule has 0 aromatic rings. The smallest absolute Gasteiger partial charge is 0.748 e. The summed E-state index contributed by atoms with van der Waals surface area (Å²) in [4.78, 5) is 0. The molecule has 9 heavy (non-hydrogen) atoms. The minimum absolute atomic E-state index is 0. The Morgan fingerprint density at radius 3 is 2.00 bits per heavy atom. The van der Waals surface area contributed by atoms with Gasteiger partial charge in [-0.2, -0.15) is 0 Å². The molecule has 0 spiro atoms. The van der Waals surface area contributed by atoms with Crippen LogP contribution in [0.25, 0.3) is 0 Å². The SMILES string of the molecule is C[C@H](O)CS(=O)(=O)[O-].[Na+]. The zero-order valence-electron chi connectivity index (χ0n) is 5.36. The molecule has 6 heteroatoms. The van der Waals surface area contributed by atoms with E-state index in [4.69, 9.17) is 5.11 Å². The van der Waals surface area contributed by atoms with E-state index in [0.717, 1.165) is 0 Å². The van der Waals surface area contributed by atoms with E-state index in [1.165, 1.54) is 6.92 Å². The van der Waals surface area contributed by atoms with E-state index in [9.17, 15) is 13.0 Å². The fraction of sp³-hybridized carbons (Fsp3) is 1.00.